The van der Waals surface area contributed by atoms with Crippen LogP contribution in [0.4, 0.5) is 0 Å². The summed E-state index contributed by atoms with van der Waals surface area (Å²) in [4.78, 5) is 26.3. The van der Waals surface area contributed by atoms with Gasteiger partial charge in [0, 0.05) is 19.5 Å². The third-order valence-corrected chi connectivity index (χ3v) is 4.52. The molecule has 1 atom stereocenters. The van der Waals surface area contributed by atoms with Crippen molar-refractivity contribution in [3.05, 3.63) is 54.0 Å². The molecule has 138 valence electrons. The van der Waals surface area contributed by atoms with Gasteiger partial charge in [0.2, 0.25) is 5.91 Å². The molecule has 6 nitrogen and oxygen atoms in total. The molecule has 0 saturated carbocycles. The highest BCUT2D eigenvalue weighted by molar-refractivity contribution is 5.91. The highest BCUT2D eigenvalue weighted by Crippen LogP contribution is 2.33. The summed E-state index contributed by atoms with van der Waals surface area (Å²) in [5, 5.41) is 2.72. The highest BCUT2D eigenvalue weighted by Gasteiger charge is 2.29. The van der Waals surface area contributed by atoms with Gasteiger partial charge in [0.1, 0.15) is 5.75 Å². The smallest absolute Gasteiger partial charge is 0.286 e. The molecule has 1 aromatic carbocycles. The Hall–Kier alpha value is -2.76. The van der Waals surface area contributed by atoms with Gasteiger partial charge in [-0.05, 0) is 49.6 Å². The molecule has 1 fully saturated rings. The summed E-state index contributed by atoms with van der Waals surface area (Å²) in [7, 11) is 0. The summed E-state index contributed by atoms with van der Waals surface area (Å²) < 4.78 is 10.5. The predicted octanol–water partition coefficient (Wildman–Crippen LogP) is 3.16. The minimum atomic E-state index is -0.299. The summed E-state index contributed by atoms with van der Waals surface area (Å²) in [5.41, 5.74) is 1.12. The van der Waals surface area contributed by atoms with Crippen LogP contribution in [0.2, 0.25) is 0 Å². The maximum absolute atomic E-state index is 12.6. The van der Waals surface area contributed by atoms with E-state index in [1.54, 1.807) is 12.1 Å². The van der Waals surface area contributed by atoms with E-state index in [0.717, 1.165) is 30.7 Å². The van der Waals surface area contributed by atoms with E-state index in [1.165, 1.54) is 6.26 Å². The first-order valence-electron chi connectivity index (χ1n) is 9.03. The van der Waals surface area contributed by atoms with Gasteiger partial charge < -0.3 is 19.4 Å². The quantitative estimate of drug-likeness (QED) is 0.827. The van der Waals surface area contributed by atoms with Gasteiger partial charge >= 0.3 is 0 Å². The SMILES string of the molecule is CCOc1ccc(C2CCCN2C(=O)CCNC(=O)c2ccco2)cc1. The molecule has 3 rings (SSSR count). The highest BCUT2D eigenvalue weighted by atomic mass is 16.5. The minimum Gasteiger partial charge on any atom is -0.494 e. The zero-order chi connectivity index (χ0) is 18.4. The number of hydrogen-bond acceptors (Lipinski definition) is 4. The van der Waals surface area contributed by atoms with E-state index in [9.17, 15) is 9.59 Å². The number of likely N-dealkylation sites (tertiary alicyclic amines) is 1. The fourth-order valence-corrected chi connectivity index (χ4v) is 3.29. The number of nitrogens with zero attached hydrogens (tertiary/aromatic N) is 1. The first-order valence-corrected chi connectivity index (χ1v) is 9.03. The molecule has 1 aromatic heterocycles. The van der Waals surface area contributed by atoms with E-state index in [1.807, 2.05) is 36.1 Å². The van der Waals surface area contributed by atoms with E-state index in [4.69, 9.17) is 9.15 Å². The fourth-order valence-electron chi connectivity index (χ4n) is 3.29. The maximum Gasteiger partial charge on any atom is 0.286 e. The van der Waals surface area contributed by atoms with Crippen LogP contribution < -0.4 is 10.1 Å². The zero-order valence-electron chi connectivity index (χ0n) is 14.9. The number of carbonyl (C=O) groups excluding carboxylic acids is 2. The maximum atomic E-state index is 12.6. The fraction of sp³-hybridized carbons (Fsp3) is 0.400. The predicted molar refractivity (Wildman–Crippen MR) is 97.0 cm³/mol. The Balaban J connectivity index is 1.53. The molecule has 1 N–H and O–H groups in total. The summed E-state index contributed by atoms with van der Waals surface area (Å²) in [5.74, 6) is 0.854. The molecule has 0 aliphatic carbocycles. The van der Waals surface area contributed by atoms with Crippen LogP contribution in [0, 0.1) is 0 Å². The lowest BCUT2D eigenvalue weighted by atomic mass is 10.0. The molecule has 0 spiro atoms. The summed E-state index contributed by atoms with van der Waals surface area (Å²) in [6, 6.07) is 11.3. The Labute approximate surface area is 153 Å². The third kappa shape index (κ3) is 4.25. The second-order valence-electron chi connectivity index (χ2n) is 6.23. The van der Waals surface area contributed by atoms with Crippen LogP contribution in [-0.2, 0) is 4.79 Å². The lowest BCUT2D eigenvalue weighted by Crippen LogP contribution is -2.34. The number of nitrogens with one attached hydrogen (secondary N) is 1. The van der Waals surface area contributed by atoms with Crippen molar-refractivity contribution >= 4 is 11.8 Å². The Morgan fingerprint density at radius 1 is 1.27 bits per heavy atom. The van der Waals surface area contributed by atoms with Crippen molar-refractivity contribution in [3.8, 4) is 5.75 Å². The molecule has 1 saturated heterocycles. The van der Waals surface area contributed by atoms with E-state index in [2.05, 4.69) is 5.32 Å². The van der Waals surface area contributed by atoms with E-state index in [0.29, 0.717) is 13.2 Å². The van der Waals surface area contributed by atoms with Crippen LogP contribution in [0.5, 0.6) is 5.75 Å². The van der Waals surface area contributed by atoms with Crippen molar-refractivity contribution < 1.29 is 18.7 Å². The monoisotopic (exact) mass is 356 g/mol. The van der Waals surface area contributed by atoms with Gasteiger partial charge in [-0.2, -0.15) is 0 Å². The van der Waals surface area contributed by atoms with Gasteiger partial charge in [0.15, 0.2) is 5.76 Å². The van der Waals surface area contributed by atoms with Gasteiger partial charge in [-0.15, -0.1) is 0 Å². The van der Waals surface area contributed by atoms with Crippen LogP contribution in [0.1, 0.15) is 48.3 Å². The van der Waals surface area contributed by atoms with Crippen molar-refractivity contribution in [2.24, 2.45) is 0 Å². The third-order valence-electron chi connectivity index (χ3n) is 4.52. The molecule has 0 bridgehead atoms. The van der Waals surface area contributed by atoms with Crippen molar-refractivity contribution in [2.45, 2.75) is 32.2 Å². The molecule has 1 aliphatic rings. The van der Waals surface area contributed by atoms with Crippen LogP contribution in [0.15, 0.2) is 47.1 Å². The summed E-state index contributed by atoms with van der Waals surface area (Å²) in [6.07, 6.45) is 3.67. The standard InChI is InChI=1S/C20H24N2O4/c1-2-25-16-9-7-15(8-10-16)17-5-3-13-22(17)19(23)11-12-21-20(24)18-6-4-14-26-18/h4,6-10,14,17H,2-3,5,11-13H2,1H3,(H,21,24). The zero-order valence-corrected chi connectivity index (χ0v) is 14.9. The molecule has 0 radical (unpaired) electrons. The average molecular weight is 356 g/mol. The van der Waals surface area contributed by atoms with Gasteiger partial charge in [-0.3, -0.25) is 9.59 Å². The first kappa shape index (κ1) is 18.0. The average Bonchev–Trinajstić information content (AvgIpc) is 3.34. The molecule has 26 heavy (non-hydrogen) atoms. The van der Waals surface area contributed by atoms with Crippen LogP contribution in [-0.4, -0.2) is 36.4 Å². The first-order chi connectivity index (χ1) is 12.7. The second kappa shape index (κ2) is 8.56. The van der Waals surface area contributed by atoms with Gasteiger partial charge in [-0.1, -0.05) is 12.1 Å². The number of amides is 2. The number of rotatable bonds is 7. The Bertz CT molecular complexity index is 725. The molecule has 2 aromatic rings. The van der Waals surface area contributed by atoms with Gasteiger partial charge in [0.05, 0.1) is 18.9 Å². The van der Waals surface area contributed by atoms with Crippen LogP contribution in [0.3, 0.4) is 0 Å². The summed E-state index contributed by atoms with van der Waals surface area (Å²) >= 11 is 0. The Morgan fingerprint density at radius 3 is 2.77 bits per heavy atom. The van der Waals surface area contributed by atoms with Crippen molar-refractivity contribution in [1.29, 1.82) is 0 Å². The second-order valence-corrected chi connectivity index (χ2v) is 6.23. The van der Waals surface area contributed by atoms with E-state index >= 15 is 0 Å². The van der Waals surface area contributed by atoms with Crippen molar-refractivity contribution in [3.63, 3.8) is 0 Å². The van der Waals surface area contributed by atoms with Gasteiger partial charge in [0.25, 0.3) is 5.91 Å². The Kier molecular flexibility index (Phi) is 5.94. The number of furan rings is 1. The lowest BCUT2D eigenvalue weighted by molar-refractivity contribution is -0.132. The summed E-state index contributed by atoms with van der Waals surface area (Å²) in [6.45, 7) is 3.64. The Morgan fingerprint density at radius 2 is 2.08 bits per heavy atom. The molecular weight excluding hydrogens is 332 g/mol. The number of hydrogen-bond donors (Lipinski definition) is 1. The molecule has 1 unspecified atom stereocenters. The molecule has 1 aliphatic heterocycles. The lowest BCUT2D eigenvalue weighted by Gasteiger charge is -2.25. The van der Waals surface area contributed by atoms with Crippen LogP contribution >= 0.6 is 0 Å². The normalized spacial score (nSPS) is 16.5. The topological polar surface area (TPSA) is 71.8 Å². The largest absolute Gasteiger partial charge is 0.494 e. The molecular formula is C20H24N2O4. The van der Waals surface area contributed by atoms with E-state index < -0.39 is 0 Å². The van der Waals surface area contributed by atoms with Crippen molar-refractivity contribution in [2.75, 3.05) is 19.7 Å². The number of ether oxygens (including phenoxy) is 1. The number of carbonyl (C=O) groups is 2. The molecule has 2 heterocycles. The van der Waals surface area contributed by atoms with Crippen molar-refractivity contribution in [1.82, 2.24) is 10.2 Å². The minimum absolute atomic E-state index is 0.0566. The molecule has 6 heteroatoms. The van der Waals surface area contributed by atoms with E-state index in [-0.39, 0.29) is 30.0 Å². The van der Waals surface area contributed by atoms with Crippen LogP contribution in [0.25, 0.3) is 0 Å². The number of benzene rings is 1. The molecule has 2 amide bonds. The van der Waals surface area contributed by atoms with Gasteiger partial charge in [-0.25, -0.2) is 0 Å².